The van der Waals surface area contributed by atoms with Gasteiger partial charge < -0.3 is 0 Å². The average Bonchev–Trinajstić information content (AvgIpc) is 3.08. The molecule has 0 radical (unpaired) electrons. The van der Waals surface area contributed by atoms with Crippen molar-refractivity contribution in [3.05, 3.63) is 58.9 Å². The zero-order valence-corrected chi connectivity index (χ0v) is 11.5. The van der Waals surface area contributed by atoms with Crippen molar-refractivity contribution in [1.29, 1.82) is 0 Å². The van der Waals surface area contributed by atoms with Gasteiger partial charge in [-0.2, -0.15) is 18.3 Å². The molecule has 0 aliphatic rings. The molecule has 0 saturated heterocycles. The third-order valence-corrected chi connectivity index (χ3v) is 3.90. The predicted molar refractivity (Wildman–Crippen MR) is 73.9 cm³/mol. The highest BCUT2D eigenvalue weighted by atomic mass is 32.1. The highest BCUT2D eigenvalue weighted by molar-refractivity contribution is 7.13. The van der Waals surface area contributed by atoms with Gasteiger partial charge in [0.15, 0.2) is 0 Å². The number of aromatic nitrogens is 3. The van der Waals surface area contributed by atoms with E-state index in [4.69, 9.17) is 0 Å². The smallest absolute Gasteiger partial charge is 0.285 e. The molecule has 3 aromatic rings. The molecular weight excluding hydrogens is 299 g/mol. The molecule has 0 saturated carbocycles. The molecule has 108 valence electrons. The van der Waals surface area contributed by atoms with Crippen molar-refractivity contribution in [2.24, 2.45) is 0 Å². The van der Waals surface area contributed by atoms with Gasteiger partial charge in [0.05, 0.1) is 17.5 Å². The molecule has 2 aromatic heterocycles. The molecule has 0 bridgehead atoms. The first-order chi connectivity index (χ1) is 10.0. The van der Waals surface area contributed by atoms with Crippen LogP contribution in [0.1, 0.15) is 16.8 Å². The Bertz CT molecular complexity index is 715. The number of halogens is 3. The second-order valence-electron chi connectivity index (χ2n) is 4.50. The summed E-state index contributed by atoms with van der Waals surface area (Å²) in [5.74, 6) is 0. The first kappa shape index (κ1) is 13.8. The minimum Gasteiger partial charge on any atom is -0.285 e. The fourth-order valence-corrected chi connectivity index (χ4v) is 2.71. The van der Waals surface area contributed by atoms with Gasteiger partial charge in [-0.1, -0.05) is 12.1 Å². The molecule has 0 aliphatic heterocycles. The number of H-pyrrole nitrogens is 1. The van der Waals surface area contributed by atoms with Crippen molar-refractivity contribution in [1.82, 2.24) is 15.2 Å². The number of rotatable bonds is 3. The van der Waals surface area contributed by atoms with Crippen LogP contribution in [0.2, 0.25) is 0 Å². The minimum absolute atomic E-state index is 0.506. The number of alkyl halides is 3. The van der Waals surface area contributed by atoms with Crippen molar-refractivity contribution in [3.63, 3.8) is 0 Å². The number of hydrogen-bond acceptors (Lipinski definition) is 3. The number of thiazole rings is 1. The topological polar surface area (TPSA) is 41.6 Å². The first-order valence-electron chi connectivity index (χ1n) is 6.12. The van der Waals surface area contributed by atoms with Crippen LogP contribution in [-0.4, -0.2) is 15.2 Å². The van der Waals surface area contributed by atoms with E-state index in [2.05, 4.69) is 15.2 Å². The molecule has 7 heteroatoms. The van der Waals surface area contributed by atoms with Gasteiger partial charge in [0.2, 0.25) is 0 Å². The zero-order chi connectivity index (χ0) is 14.9. The Morgan fingerprint density at radius 2 is 1.90 bits per heavy atom. The van der Waals surface area contributed by atoms with Gasteiger partial charge >= 0.3 is 6.18 Å². The van der Waals surface area contributed by atoms with Crippen molar-refractivity contribution in [2.75, 3.05) is 0 Å². The summed E-state index contributed by atoms with van der Waals surface area (Å²) in [6.07, 6.45) is -0.360. The van der Waals surface area contributed by atoms with Crippen molar-refractivity contribution in [2.45, 2.75) is 12.6 Å². The number of nitrogens with zero attached hydrogens (tertiary/aromatic N) is 2. The summed E-state index contributed by atoms with van der Waals surface area (Å²) < 4.78 is 37.5. The van der Waals surface area contributed by atoms with Crippen LogP contribution in [0.3, 0.4) is 0 Å². The number of nitrogens with one attached hydrogen (secondary N) is 1. The number of hydrogen-bond donors (Lipinski definition) is 1. The lowest BCUT2D eigenvalue weighted by atomic mass is 10.1. The lowest BCUT2D eigenvalue weighted by molar-refractivity contribution is -0.137. The fourth-order valence-electron chi connectivity index (χ4n) is 1.91. The monoisotopic (exact) mass is 309 g/mol. The summed E-state index contributed by atoms with van der Waals surface area (Å²) in [5, 5.41) is 9.32. The summed E-state index contributed by atoms with van der Waals surface area (Å²) in [5.41, 5.74) is 1.89. The summed E-state index contributed by atoms with van der Waals surface area (Å²) >= 11 is 1.48. The van der Waals surface area contributed by atoms with Gasteiger partial charge in [0, 0.05) is 23.6 Å². The summed E-state index contributed by atoms with van der Waals surface area (Å²) in [6, 6.07) is 5.16. The maximum absolute atomic E-state index is 12.5. The third-order valence-electron chi connectivity index (χ3n) is 2.96. The largest absolute Gasteiger partial charge is 0.416 e. The summed E-state index contributed by atoms with van der Waals surface area (Å²) in [7, 11) is 0. The Kier molecular flexibility index (Phi) is 3.50. The summed E-state index contributed by atoms with van der Waals surface area (Å²) in [4.78, 5) is 4.46. The Balaban J connectivity index is 1.75. The molecule has 1 aromatic carbocycles. The lowest BCUT2D eigenvalue weighted by Gasteiger charge is -2.06. The lowest BCUT2D eigenvalue weighted by Crippen LogP contribution is -2.04. The molecule has 2 heterocycles. The van der Waals surface area contributed by atoms with E-state index < -0.39 is 11.7 Å². The van der Waals surface area contributed by atoms with Gasteiger partial charge in [0.1, 0.15) is 5.01 Å². The Hall–Kier alpha value is -2.15. The highest BCUT2D eigenvalue weighted by Crippen LogP contribution is 2.29. The molecule has 0 atom stereocenters. The van der Waals surface area contributed by atoms with E-state index in [0.29, 0.717) is 6.42 Å². The molecule has 3 nitrogen and oxygen atoms in total. The summed E-state index contributed by atoms with van der Waals surface area (Å²) in [6.45, 7) is 0. The van der Waals surface area contributed by atoms with Crippen molar-refractivity contribution >= 4 is 11.3 Å². The van der Waals surface area contributed by atoms with Crippen LogP contribution >= 0.6 is 11.3 Å². The fraction of sp³-hybridized carbons (Fsp3) is 0.143. The quantitative estimate of drug-likeness (QED) is 0.790. The average molecular weight is 309 g/mol. The van der Waals surface area contributed by atoms with E-state index in [1.165, 1.54) is 23.5 Å². The van der Waals surface area contributed by atoms with E-state index in [-0.39, 0.29) is 0 Å². The van der Waals surface area contributed by atoms with Gasteiger partial charge in [-0.15, -0.1) is 11.3 Å². The van der Waals surface area contributed by atoms with Crippen LogP contribution in [-0.2, 0) is 12.6 Å². The predicted octanol–water partition coefficient (Wildman–Crippen LogP) is 4.14. The number of benzene rings is 1. The third kappa shape index (κ3) is 3.13. The zero-order valence-electron chi connectivity index (χ0n) is 10.7. The van der Waals surface area contributed by atoms with Crippen molar-refractivity contribution < 1.29 is 13.2 Å². The van der Waals surface area contributed by atoms with Crippen LogP contribution in [0.4, 0.5) is 13.2 Å². The second kappa shape index (κ2) is 5.33. The van der Waals surface area contributed by atoms with Gasteiger partial charge in [-0.25, -0.2) is 4.98 Å². The van der Waals surface area contributed by atoms with E-state index in [0.717, 1.165) is 34.0 Å². The Morgan fingerprint density at radius 1 is 1.14 bits per heavy atom. The standard InChI is InChI=1S/C14H10F3N3S/c15-14(16,17)11-3-1-9(2-4-11)5-12-8-21-13(20-12)10-6-18-19-7-10/h1-4,6-8H,5H2,(H,18,19). The van der Waals surface area contributed by atoms with Gasteiger partial charge in [-0.05, 0) is 17.7 Å². The Labute approximate surface area is 122 Å². The highest BCUT2D eigenvalue weighted by Gasteiger charge is 2.29. The van der Waals surface area contributed by atoms with Crippen molar-refractivity contribution in [3.8, 4) is 10.6 Å². The van der Waals surface area contributed by atoms with Gasteiger partial charge in [0.25, 0.3) is 0 Å². The maximum Gasteiger partial charge on any atom is 0.416 e. The minimum atomic E-state index is -4.30. The first-order valence-corrected chi connectivity index (χ1v) is 7.00. The van der Waals surface area contributed by atoms with E-state index >= 15 is 0 Å². The second-order valence-corrected chi connectivity index (χ2v) is 5.36. The van der Waals surface area contributed by atoms with Crippen LogP contribution < -0.4 is 0 Å². The van der Waals surface area contributed by atoms with Crippen LogP contribution in [0.5, 0.6) is 0 Å². The van der Waals surface area contributed by atoms with Gasteiger partial charge in [-0.3, -0.25) is 5.10 Å². The normalized spacial score (nSPS) is 11.8. The molecule has 0 unspecified atom stereocenters. The van der Waals surface area contributed by atoms with E-state index in [1.54, 1.807) is 12.4 Å². The van der Waals surface area contributed by atoms with E-state index in [1.807, 2.05) is 5.38 Å². The maximum atomic E-state index is 12.5. The molecule has 3 rings (SSSR count). The molecule has 1 N–H and O–H groups in total. The Morgan fingerprint density at radius 3 is 2.52 bits per heavy atom. The van der Waals surface area contributed by atoms with Crippen LogP contribution in [0, 0.1) is 0 Å². The molecule has 0 amide bonds. The van der Waals surface area contributed by atoms with Crippen LogP contribution in [0.25, 0.3) is 10.6 Å². The molecular formula is C14H10F3N3S. The molecule has 0 fully saturated rings. The van der Waals surface area contributed by atoms with E-state index in [9.17, 15) is 13.2 Å². The number of aromatic amines is 1. The molecule has 0 spiro atoms. The molecule has 0 aliphatic carbocycles. The molecule has 21 heavy (non-hydrogen) atoms. The SMILES string of the molecule is FC(F)(F)c1ccc(Cc2csc(-c3cn[nH]c3)n2)cc1. The van der Waals surface area contributed by atoms with Crippen LogP contribution in [0.15, 0.2) is 42.0 Å².